The molecule has 0 aliphatic heterocycles. The van der Waals surface area contributed by atoms with Gasteiger partial charge in [-0.25, -0.2) is 0 Å². The molecule has 0 heterocycles. The zero-order valence-corrected chi connectivity index (χ0v) is 8.34. The molecule has 72 valence electrons. The van der Waals surface area contributed by atoms with Crippen molar-refractivity contribution < 1.29 is 0 Å². The molecule has 0 spiro atoms. The molecule has 2 nitrogen and oxygen atoms in total. The fourth-order valence-corrected chi connectivity index (χ4v) is 2.06. The first-order valence-electron chi connectivity index (χ1n) is 5.04. The van der Waals surface area contributed by atoms with E-state index in [1.54, 1.807) is 0 Å². The minimum Gasteiger partial charge on any atom is -0.330 e. The number of rotatable bonds is 2. The molecule has 1 rings (SSSR count). The maximum atomic E-state index is 6.05. The maximum absolute atomic E-state index is 6.05. The van der Waals surface area contributed by atoms with E-state index in [1.807, 2.05) is 0 Å². The van der Waals surface area contributed by atoms with E-state index in [0.717, 1.165) is 12.5 Å². The highest BCUT2D eigenvalue weighted by atomic mass is 14.7. The standard InChI is InChI=1S/C10H22N2/c1-8(7-11)9-3-5-10(2,12)6-4-9/h8-9H,3-7,11-12H2,1-2H3. The van der Waals surface area contributed by atoms with Gasteiger partial charge >= 0.3 is 0 Å². The van der Waals surface area contributed by atoms with Crippen molar-refractivity contribution in [2.45, 2.75) is 45.1 Å². The van der Waals surface area contributed by atoms with Crippen molar-refractivity contribution in [2.75, 3.05) is 6.54 Å². The van der Waals surface area contributed by atoms with Gasteiger partial charge in [0.15, 0.2) is 0 Å². The molecule has 1 atom stereocenters. The summed E-state index contributed by atoms with van der Waals surface area (Å²) in [6.45, 7) is 5.24. The molecular formula is C10H22N2. The van der Waals surface area contributed by atoms with Gasteiger partial charge in [-0.05, 0) is 51.0 Å². The van der Waals surface area contributed by atoms with Gasteiger partial charge in [-0.2, -0.15) is 0 Å². The highest BCUT2D eigenvalue weighted by Gasteiger charge is 2.29. The van der Waals surface area contributed by atoms with Crippen molar-refractivity contribution in [3.8, 4) is 0 Å². The molecule has 0 amide bonds. The largest absolute Gasteiger partial charge is 0.330 e. The minimum atomic E-state index is 0.102. The lowest BCUT2D eigenvalue weighted by Gasteiger charge is -2.36. The molecule has 1 unspecified atom stereocenters. The molecule has 12 heavy (non-hydrogen) atoms. The normalized spacial score (nSPS) is 39.5. The molecule has 0 saturated heterocycles. The van der Waals surface area contributed by atoms with E-state index in [-0.39, 0.29) is 5.54 Å². The molecule has 0 aromatic rings. The number of nitrogens with two attached hydrogens (primary N) is 2. The van der Waals surface area contributed by atoms with E-state index >= 15 is 0 Å². The first-order valence-corrected chi connectivity index (χ1v) is 5.04. The van der Waals surface area contributed by atoms with Crippen LogP contribution < -0.4 is 11.5 Å². The van der Waals surface area contributed by atoms with Crippen molar-refractivity contribution in [2.24, 2.45) is 23.3 Å². The van der Waals surface area contributed by atoms with Crippen LogP contribution in [0.15, 0.2) is 0 Å². The van der Waals surface area contributed by atoms with Crippen LogP contribution in [0.1, 0.15) is 39.5 Å². The van der Waals surface area contributed by atoms with Crippen molar-refractivity contribution in [3.63, 3.8) is 0 Å². The lowest BCUT2D eigenvalue weighted by molar-refractivity contribution is 0.202. The molecule has 0 radical (unpaired) electrons. The van der Waals surface area contributed by atoms with Crippen LogP contribution in [0.3, 0.4) is 0 Å². The van der Waals surface area contributed by atoms with Crippen LogP contribution in [-0.2, 0) is 0 Å². The number of hydrogen-bond acceptors (Lipinski definition) is 2. The summed E-state index contributed by atoms with van der Waals surface area (Å²) in [6.07, 6.45) is 4.88. The Kier molecular flexibility index (Phi) is 3.13. The predicted molar refractivity (Wildman–Crippen MR) is 52.8 cm³/mol. The molecule has 1 saturated carbocycles. The zero-order valence-electron chi connectivity index (χ0n) is 8.34. The first kappa shape index (κ1) is 10.0. The third kappa shape index (κ3) is 2.46. The first-order chi connectivity index (χ1) is 5.55. The van der Waals surface area contributed by atoms with E-state index in [0.29, 0.717) is 5.92 Å². The highest BCUT2D eigenvalue weighted by Crippen LogP contribution is 2.33. The summed E-state index contributed by atoms with van der Waals surface area (Å²) in [5, 5.41) is 0. The van der Waals surface area contributed by atoms with Gasteiger partial charge in [-0.3, -0.25) is 0 Å². The Balaban J connectivity index is 2.36. The van der Waals surface area contributed by atoms with E-state index in [1.165, 1.54) is 25.7 Å². The van der Waals surface area contributed by atoms with Crippen LogP contribution in [0.4, 0.5) is 0 Å². The topological polar surface area (TPSA) is 52.0 Å². The maximum Gasteiger partial charge on any atom is 0.0126 e. The van der Waals surface area contributed by atoms with Gasteiger partial charge in [0.05, 0.1) is 0 Å². The Morgan fingerprint density at radius 2 is 1.92 bits per heavy atom. The zero-order chi connectivity index (χ0) is 9.19. The molecule has 1 aliphatic carbocycles. The quantitative estimate of drug-likeness (QED) is 0.659. The third-order valence-corrected chi connectivity index (χ3v) is 3.35. The van der Waals surface area contributed by atoms with Crippen LogP contribution >= 0.6 is 0 Å². The smallest absolute Gasteiger partial charge is 0.0126 e. The van der Waals surface area contributed by atoms with Crippen LogP contribution in [0, 0.1) is 11.8 Å². The van der Waals surface area contributed by atoms with Gasteiger partial charge < -0.3 is 11.5 Å². The van der Waals surface area contributed by atoms with Crippen LogP contribution in [0.5, 0.6) is 0 Å². The molecule has 0 aromatic carbocycles. The average molecular weight is 170 g/mol. The Labute approximate surface area is 75.7 Å². The molecule has 1 fully saturated rings. The fraction of sp³-hybridized carbons (Fsp3) is 1.00. The molecular weight excluding hydrogens is 148 g/mol. The van der Waals surface area contributed by atoms with Gasteiger partial charge in [0.1, 0.15) is 0 Å². The molecule has 0 bridgehead atoms. The lowest BCUT2D eigenvalue weighted by atomic mass is 9.74. The predicted octanol–water partition coefficient (Wildman–Crippen LogP) is 1.49. The van der Waals surface area contributed by atoms with E-state index in [9.17, 15) is 0 Å². The molecule has 0 aromatic heterocycles. The summed E-state index contributed by atoms with van der Waals surface area (Å²) >= 11 is 0. The van der Waals surface area contributed by atoms with Crippen molar-refractivity contribution in [1.29, 1.82) is 0 Å². The summed E-state index contributed by atoms with van der Waals surface area (Å²) in [6, 6.07) is 0. The summed E-state index contributed by atoms with van der Waals surface area (Å²) in [4.78, 5) is 0. The average Bonchev–Trinajstić information content (AvgIpc) is 2.03. The lowest BCUT2D eigenvalue weighted by Crippen LogP contribution is -2.41. The second-order valence-corrected chi connectivity index (χ2v) is 4.70. The molecule has 4 N–H and O–H groups in total. The summed E-state index contributed by atoms with van der Waals surface area (Å²) in [7, 11) is 0. The number of hydrogen-bond donors (Lipinski definition) is 2. The Hall–Kier alpha value is -0.0800. The van der Waals surface area contributed by atoms with Gasteiger partial charge in [0.2, 0.25) is 0 Å². The van der Waals surface area contributed by atoms with E-state index < -0.39 is 0 Å². The van der Waals surface area contributed by atoms with Gasteiger partial charge in [0.25, 0.3) is 0 Å². The molecule has 2 heteroatoms. The third-order valence-electron chi connectivity index (χ3n) is 3.35. The van der Waals surface area contributed by atoms with Gasteiger partial charge in [-0.1, -0.05) is 6.92 Å². The van der Waals surface area contributed by atoms with Crippen molar-refractivity contribution in [3.05, 3.63) is 0 Å². The SMILES string of the molecule is CC(CN)C1CCC(C)(N)CC1. The van der Waals surface area contributed by atoms with Crippen molar-refractivity contribution in [1.82, 2.24) is 0 Å². The van der Waals surface area contributed by atoms with Gasteiger partial charge in [-0.15, -0.1) is 0 Å². The summed E-state index contributed by atoms with van der Waals surface area (Å²) < 4.78 is 0. The second-order valence-electron chi connectivity index (χ2n) is 4.70. The van der Waals surface area contributed by atoms with Crippen molar-refractivity contribution >= 4 is 0 Å². The Morgan fingerprint density at radius 3 is 2.33 bits per heavy atom. The molecule has 1 aliphatic rings. The Bertz CT molecular complexity index is 133. The van der Waals surface area contributed by atoms with E-state index in [4.69, 9.17) is 11.5 Å². The summed E-state index contributed by atoms with van der Waals surface area (Å²) in [5.74, 6) is 1.51. The highest BCUT2D eigenvalue weighted by molar-refractivity contribution is 4.86. The van der Waals surface area contributed by atoms with E-state index in [2.05, 4.69) is 13.8 Å². The van der Waals surface area contributed by atoms with Crippen LogP contribution in [0.25, 0.3) is 0 Å². The monoisotopic (exact) mass is 170 g/mol. The van der Waals surface area contributed by atoms with Crippen LogP contribution in [0.2, 0.25) is 0 Å². The van der Waals surface area contributed by atoms with Gasteiger partial charge in [0, 0.05) is 5.54 Å². The fourth-order valence-electron chi connectivity index (χ4n) is 2.06. The Morgan fingerprint density at radius 1 is 1.42 bits per heavy atom. The second kappa shape index (κ2) is 3.75. The summed E-state index contributed by atoms with van der Waals surface area (Å²) in [5.41, 5.74) is 11.8. The minimum absolute atomic E-state index is 0.102. The van der Waals surface area contributed by atoms with Crippen LogP contribution in [-0.4, -0.2) is 12.1 Å².